The van der Waals surface area contributed by atoms with Gasteiger partial charge in [0.1, 0.15) is 0 Å². The maximum Gasteiger partial charge on any atom is 0.254 e. The smallest absolute Gasteiger partial charge is 0.254 e. The van der Waals surface area contributed by atoms with Crippen molar-refractivity contribution in [2.75, 3.05) is 6.54 Å². The topological polar surface area (TPSA) is 78.9 Å². The van der Waals surface area contributed by atoms with E-state index in [4.69, 9.17) is 10.9 Å². The summed E-state index contributed by atoms with van der Waals surface area (Å²) in [4.78, 5) is 14.6. The molecule has 1 aromatic rings. The van der Waals surface area contributed by atoms with Gasteiger partial charge in [0.2, 0.25) is 0 Å². The van der Waals surface area contributed by atoms with E-state index in [1.54, 1.807) is 24.3 Å². The first-order valence-electron chi connectivity index (χ1n) is 7.42. The molecule has 1 aromatic carbocycles. The standard InChI is InChI=1S/C16H23N3O2/c1-11(2)9-10-19(14-7-8-14)16(20)13-5-3-12(4-6-13)15(17)18-21/h3-6,11,14,21H,7-10H2,1-2H3,(H2,17,18). The van der Waals surface area contributed by atoms with Gasteiger partial charge in [-0.2, -0.15) is 0 Å². The zero-order chi connectivity index (χ0) is 15.4. The second kappa shape index (κ2) is 6.61. The fourth-order valence-electron chi connectivity index (χ4n) is 2.24. The van der Waals surface area contributed by atoms with Crippen molar-refractivity contribution in [1.82, 2.24) is 4.90 Å². The first-order chi connectivity index (χ1) is 10.0. The number of amides is 1. The third-order valence-corrected chi connectivity index (χ3v) is 3.73. The number of hydrogen-bond acceptors (Lipinski definition) is 3. The molecule has 21 heavy (non-hydrogen) atoms. The Hall–Kier alpha value is -2.04. The normalized spacial score (nSPS) is 15.3. The number of oxime groups is 1. The monoisotopic (exact) mass is 289 g/mol. The van der Waals surface area contributed by atoms with E-state index in [1.807, 2.05) is 4.90 Å². The Labute approximate surface area is 125 Å². The molecule has 0 unspecified atom stereocenters. The quantitative estimate of drug-likeness (QED) is 0.365. The summed E-state index contributed by atoms with van der Waals surface area (Å²) in [5.74, 6) is 0.707. The second-order valence-electron chi connectivity index (χ2n) is 5.97. The van der Waals surface area contributed by atoms with Crippen molar-refractivity contribution >= 4 is 11.7 Å². The Kier molecular flexibility index (Phi) is 4.83. The van der Waals surface area contributed by atoms with Crippen LogP contribution in [0.25, 0.3) is 0 Å². The SMILES string of the molecule is CC(C)CCN(C(=O)c1ccc(/C(N)=N/O)cc1)C1CC1. The maximum absolute atomic E-state index is 12.6. The summed E-state index contributed by atoms with van der Waals surface area (Å²) in [5, 5.41) is 11.6. The number of benzene rings is 1. The molecule has 1 aliphatic rings. The predicted molar refractivity (Wildman–Crippen MR) is 82.5 cm³/mol. The number of nitrogens with zero attached hydrogens (tertiary/aromatic N) is 2. The lowest BCUT2D eigenvalue weighted by molar-refractivity contribution is 0.0735. The van der Waals surface area contributed by atoms with Crippen LogP contribution in [0.5, 0.6) is 0 Å². The van der Waals surface area contributed by atoms with Gasteiger partial charge in [0.25, 0.3) is 5.91 Å². The van der Waals surface area contributed by atoms with Crippen molar-refractivity contribution < 1.29 is 10.0 Å². The lowest BCUT2D eigenvalue weighted by Gasteiger charge is -2.23. The van der Waals surface area contributed by atoms with Crippen LogP contribution in [0.3, 0.4) is 0 Å². The van der Waals surface area contributed by atoms with Crippen LogP contribution in [-0.2, 0) is 0 Å². The molecule has 0 bridgehead atoms. The molecule has 0 heterocycles. The summed E-state index contributed by atoms with van der Waals surface area (Å²) in [7, 11) is 0. The molecule has 0 aliphatic heterocycles. The molecular weight excluding hydrogens is 266 g/mol. The molecule has 5 heteroatoms. The Morgan fingerprint density at radius 2 is 1.90 bits per heavy atom. The van der Waals surface area contributed by atoms with E-state index in [2.05, 4.69) is 19.0 Å². The van der Waals surface area contributed by atoms with Crippen LogP contribution in [-0.4, -0.2) is 34.4 Å². The van der Waals surface area contributed by atoms with E-state index in [9.17, 15) is 4.79 Å². The Bertz CT molecular complexity index is 519. The minimum atomic E-state index is 0.0489. The Balaban J connectivity index is 2.09. The van der Waals surface area contributed by atoms with Gasteiger partial charge in [-0.25, -0.2) is 0 Å². The zero-order valence-electron chi connectivity index (χ0n) is 12.6. The molecule has 0 radical (unpaired) electrons. The van der Waals surface area contributed by atoms with Gasteiger partial charge >= 0.3 is 0 Å². The zero-order valence-corrected chi connectivity index (χ0v) is 12.6. The largest absolute Gasteiger partial charge is 0.409 e. The lowest BCUT2D eigenvalue weighted by atomic mass is 10.1. The predicted octanol–water partition coefficient (Wildman–Crippen LogP) is 2.43. The molecule has 1 amide bonds. The van der Waals surface area contributed by atoms with E-state index in [-0.39, 0.29) is 11.7 Å². The van der Waals surface area contributed by atoms with Gasteiger partial charge in [-0.15, -0.1) is 0 Å². The molecule has 0 spiro atoms. The van der Waals surface area contributed by atoms with Crippen molar-refractivity contribution in [3.8, 4) is 0 Å². The van der Waals surface area contributed by atoms with Crippen molar-refractivity contribution in [2.24, 2.45) is 16.8 Å². The van der Waals surface area contributed by atoms with Gasteiger partial charge in [-0.3, -0.25) is 4.79 Å². The molecule has 1 fully saturated rings. The van der Waals surface area contributed by atoms with Crippen LogP contribution < -0.4 is 5.73 Å². The van der Waals surface area contributed by atoms with E-state index in [1.165, 1.54) is 0 Å². The fraction of sp³-hybridized carbons (Fsp3) is 0.500. The van der Waals surface area contributed by atoms with Gasteiger partial charge < -0.3 is 15.8 Å². The highest BCUT2D eigenvalue weighted by Gasteiger charge is 2.32. The average Bonchev–Trinajstić information content (AvgIpc) is 3.31. The van der Waals surface area contributed by atoms with Gasteiger partial charge in [0, 0.05) is 23.7 Å². The molecular formula is C16H23N3O2. The van der Waals surface area contributed by atoms with E-state index >= 15 is 0 Å². The van der Waals surface area contributed by atoms with Crippen molar-refractivity contribution in [1.29, 1.82) is 0 Å². The van der Waals surface area contributed by atoms with Crippen LogP contribution >= 0.6 is 0 Å². The molecule has 0 saturated heterocycles. The average molecular weight is 289 g/mol. The second-order valence-corrected chi connectivity index (χ2v) is 5.97. The Morgan fingerprint density at radius 3 is 2.38 bits per heavy atom. The van der Waals surface area contributed by atoms with Crippen molar-refractivity contribution in [3.05, 3.63) is 35.4 Å². The van der Waals surface area contributed by atoms with Crippen molar-refractivity contribution in [2.45, 2.75) is 39.2 Å². The van der Waals surface area contributed by atoms with Crippen LogP contribution in [0.15, 0.2) is 29.4 Å². The third kappa shape index (κ3) is 3.97. The summed E-state index contributed by atoms with van der Waals surface area (Å²) < 4.78 is 0. The number of rotatable bonds is 6. The highest BCUT2D eigenvalue weighted by Crippen LogP contribution is 2.29. The first-order valence-corrected chi connectivity index (χ1v) is 7.42. The summed E-state index contributed by atoms with van der Waals surface area (Å²) >= 11 is 0. The third-order valence-electron chi connectivity index (χ3n) is 3.73. The van der Waals surface area contributed by atoms with Gasteiger partial charge in [-0.1, -0.05) is 31.1 Å². The summed E-state index contributed by atoms with van der Waals surface area (Å²) in [6.07, 6.45) is 3.22. The van der Waals surface area contributed by atoms with E-state index in [0.29, 0.717) is 23.1 Å². The van der Waals surface area contributed by atoms with Gasteiger partial charge in [0.15, 0.2) is 5.84 Å². The van der Waals surface area contributed by atoms with E-state index in [0.717, 1.165) is 25.8 Å². The lowest BCUT2D eigenvalue weighted by Crippen LogP contribution is -2.34. The van der Waals surface area contributed by atoms with Gasteiger partial charge in [0.05, 0.1) is 0 Å². The molecule has 114 valence electrons. The molecule has 1 saturated carbocycles. The number of amidine groups is 1. The van der Waals surface area contributed by atoms with E-state index < -0.39 is 0 Å². The molecule has 0 aromatic heterocycles. The number of nitrogens with two attached hydrogens (primary N) is 1. The molecule has 3 N–H and O–H groups in total. The highest BCUT2D eigenvalue weighted by molar-refractivity contribution is 5.99. The number of carbonyl (C=O) groups is 1. The summed E-state index contributed by atoms with van der Waals surface area (Å²) in [6, 6.07) is 7.28. The van der Waals surface area contributed by atoms with Gasteiger partial charge in [-0.05, 0) is 37.3 Å². The molecule has 0 atom stereocenters. The van der Waals surface area contributed by atoms with Crippen LogP contribution in [0, 0.1) is 5.92 Å². The number of hydrogen-bond donors (Lipinski definition) is 2. The maximum atomic E-state index is 12.6. The van der Waals surface area contributed by atoms with Crippen molar-refractivity contribution in [3.63, 3.8) is 0 Å². The summed E-state index contributed by atoms with van der Waals surface area (Å²) in [6.45, 7) is 5.14. The van der Waals surface area contributed by atoms with Crippen LogP contribution in [0.2, 0.25) is 0 Å². The molecule has 5 nitrogen and oxygen atoms in total. The van der Waals surface area contributed by atoms with Crippen LogP contribution in [0.4, 0.5) is 0 Å². The highest BCUT2D eigenvalue weighted by atomic mass is 16.4. The molecule has 2 rings (SSSR count). The minimum absolute atomic E-state index is 0.0489. The molecule has 1 aliphatic carbocycles. The first kappa shape index (κ1) is 15.4. The van der Waals surface area contributed by atoms with Crippen LogP contribution in [0.1, 0.15) is 49.0 Å². The fourth-order valence-corrected chi connectivity index (χ4v) is 2.24. The Morgan fingerprint density at radius 1 is 1.33 bits per heavy atom. The number of carbonyl (C=O) groups excluding carboxylic acids is 1. The minimum Gasteiger partial charge on any atom is -0.409 e. The summed E-state index contributed by atoms with van der Waals surface area (Å²) in [5.41, 5.74) is 6.78.